The van der Waals surface area contributed by atoms with Crippen molar-refractivity contribution in [1.29, 1.82) is 0 Å². The molecule has 1 amide bonds. The quantitative estimate of drug-likeness (QED) is 0.915. The van der Waals surface area contributed by atoms with E-state index in [9.17, 15) is 4.79 Å². The van der Waals surface area contributed by atoms with Gasteiger partial charge in [-0.05, 0) is 20.0 Å². The lowest BCUT2D eigenvalue weighted by molar-refractivity contribution is 0.0796. The Morgan fingerprint density at radius 3 is 2.95 bits per heavy atom. The number of likely N-dealkylation sites (N-methyl/N-ethyl adjacent to an activating group) is 2. The molecule has 0 spiro atoms. The summed E-state index contributed by atoms with van der Waals surface area (Å²) in [5.74, 6) is -0.0553. The lowest BCUT2D eigenvalue weighted by Gasteiger charge is -2.16. The predicted octanol–water partition coefficient (Wildman–Crippen LogP) is 1.24. The predicted molar refractivity (Wildman–Crippen MR) is 74.7 cm³/mol. The first-order valence-electron chi connectivity index (χ1n) is 5.75. The lowest BCUT2D eigenvalue weighted by atomic mass is 10.2. The maximum absolute atomic E-state index is 12.1. The molecule has 0 saturated carbocycles. The highest BCUT2D eigenvalue weighted by Gasteiger charge is 2.14. The maximum atomic E-state index is 12.1. The van der Waals surface area contributed by atoms with Gasteiger partial charge in [-0.2, -0.15) is 0 Å². The van der Waals surface area contributed by atoms with Crippen LogP contribution in [0.3, 0.4) is 0 Å². The minimum atomic E-state index is -0.0553. The number of nitrogens with zero attached hydrogens (tertiary/aromatic N) is 3. The molecule has 2 aromatic heterocycles. The molecule has 19 heavy (non-hydrogen) atoms. The molecular weight excluding hydrogens is 268 g/mol. The van der Waals surface area contributed by atoms with Crippen molar-refractivity contribution in [3.05, 3.63) is 23.5 Å². The summed E-state index contributed by atoms with van der Waals surface area (Å²) in [7, 11) is 3.62. The van der Waals surface area contributed by atoms with E-state index in [2.05, 4.69) is 15.5 Å². The van der Waals surface area contributed by atoms with Crippen molar-refractivity contribution in [2.75, 3.05) is 27.2 Å². The van der Waals surface area contributed by atoms with E-state index in [-0.39, 0.29) is 18.3 Å². The fourth-order valence-corrected chi connectivity index (χ4v) is 1.66. The van der Waals surface area contributed by atoms with E-state index in [0.717, 1.165) is 17.6 Å². The van der Waals surface area contributed by atoms with Crippen molar-refractivity contribution in [2.45, 2.75) is 6.92 Å². The fraction of sp³-hybridized carbons (Fsp3) is 0.417. The Morgan fingerprint density at radius 1 is 1.53 bits per heavy atom. The van der Waals surface area contributed by atoms with Crippen LogP contribution in [0.4, 0.5) is 0 Å². The first kappa shape index (κ1) is 15.4. The van der Waals surface area contributed by atoms with E-state index >= 15 is 0 Å². The van der Waals surface area contributed by atoms with Crippen LogP contribution in [-0.2, 0) is 0 Å². The second-order valence-electron chi connectivity index (χ2n) is 4.17. The Morgan fingerprint density at radius 2 is 2.26 bits per heavy atom. The number of rotatable bonds is 4. The van der Waals surface area contributed by atoms with Gasteiger partial charge in [0.15, 0.2) is 0 Å². The Balaban J connectivity index is 0.00000180. The van der Waals surface area contributed by atoms with Gasteiger partial charge in [0.05, 0.1) is 16.6 Å². The Bertz CT molecular complexity index is 570. The van der Waals surface area contributed by atoms with Gasteiger partial charge < -0.3 is 14.7 Å². The third kappa shape index (κ3) is 3.21. The molecule has 6 nitrogen and oxygen atoms in total. The van der Waals surface area contributed by atoms with Gasteiger partial charge in [0.2, 0.25) is 0 Å². The van der Waals surface area contributed by atoms with E-state index in [0.29, 0.717) is 17.8 Å². The molecule has 0 aliphatic heterocycles. The van der Waals surface area contributed by atoms with Crippen LogP contribution in [0.5, 0.6) is 0 Å². The minimum absolute atomic E-state index is 0. The van der Waals surface area contributed by atoms with Crippen LogP contribution >= 0.6 is 12.4 Å². The highest BCUT2D eigenvalue weighted by atomic mass is 35.5. The van der Waals surface area contributed by atoms with Crippen molar-refractivity contribution in [3.8, 4) is 0 Å². The fourth-order valence-electron chi connectivity index (χ4n) is 1.66. The molecule has 0 atom stereocenters. The average Bonchev–Trinajstić information content (AvgIpc) is 2.76. The molecule has 2 heterocycles. The summed E-state index contributed by atoms with van der Waals surface area (Å²) in [6, 6.07) is 1.77. The molecular formula is C12H17ClN4O2. The van der Waals surface area contributed by atoms with Gasteiger partial charge >= 0.3 is 0 Å². The average molecular weight is 285 g/mol. The zero-order chi connectivity index (χ0) is 13.1. The van der Waals surface area contributed by atoms with Crippen LogP contribution in [0.2, 0.25) is 0 Å². The Kier molecular flexibility index (Phi) is 5.26. The second kappa shape index (κ2) is 6.49. The number of aryl methyl sites for hydroxylation is 1. The molecule has 7 heteroatoms. The number of carbonyl (C=O) groups is 1. The molecule has 0 aromatic carbocycles. The number of fused-ring (bicyclic) bond motifs is 1. The summed E-state index contributed by atoms with van der Waals surface area (Å²) in [6.07, 6.45) is 1.52. The SMILES string of the molecule is CNCCN(C)C(=O)c1cnc2onc(C)c2c1.Cl. The number of hydrogen-bond acceptors (Lipinski definition) is 5. The summed E-state index contributed by atoms with van der Waals surface area (Å²) in [5, 5.41) is 7.60. The van der Waals surface area contributed by atoms with Crippen molar-refractivity contribution in [3.63, 3.8) is 0 Å². The molecule has 0 fully saturated rings. The minimum Gasteiger partial charge on any atom is -0.340 e. The number of hydrogen-bond donors (Lipinski definition) is 1. The number of carbonyl (C=O) groups excluding carboxylic acids is 1. The van der Waals surface area contributed by atoms with Crippen molar-refractivity contribution >= 4 is 29.4 Å². The van der Waals surface area contributed by atoms with E-state index in [1.54, 1.807) is 18.0 Å². The highest BCUT2D eigenvalue weighted by molar-refractivity contribution is 5.96. The van der Waals surface area contributed by atoms with Crippen molar-refractivity contribution in [2.24, 2.45) is 0 Å². The number of aromatic nitrogens is 2. The summed E-state index contributed by atoms with van der Waals surface area (Å²) >= 11 is 0. The summed E-state index contributed by atoms with van der Waals surface area (Å²) in [6.45, 7) is 3.23. The van der Waals surface area contributed by atoms with Gasteiger partial charge in [0.25, 0.3) is 11.6 Å². The van der Waals surface area contributed by atoms with Crippen molar-refractivity contribution in [1.82, 2.24) is 20.4 Å². The van der Waals surface area contributed by atoms with E-state index in [4.69, 9.17) is 4.52 Å². The molecule has 2 aromatic rings. The standard InChI is InChI=1S/C12H16N4O2.ClH/c1-8-10-6-9(7-14-11(10)18-15-8)12(17)16(3)5-4-13-2;/h6-7,13H,4-5H2,1-3H3;1H. The zero-order valence-corrected chi connectivity index (χ0v) is 12.0. The normalized spacial score (nSPS) is 10.3. The Hall–Kier alpha value is -1.66. The highest BCUT2D eigenvalue weighted by Crippen LogP contribution is 2.17. The zero-order valence-electron chi connectivity index (χ0n) is 11.1. The molecule has 0 bridgehead atoms. The first-order chi connectivity index (χ1) is 8.63. The number of nitrogens with one attached hydrogen (secondary N) is 1. The second-order valence-corrected chi connectivity index (χ2v) is 4.17. The van der Waals surface area contributed by atoms with Crippen molar-refractivity contribution < 1.29 is 9.32 Å². The van der Waals surface area contributed by atoms with Crippen LogP contribution in [0.15, 0.2) is 16.8 Å². The monoisotopic (exact) mass is 284 g/mol. The van der Waals surface area contributed by atoms with E-state index in [1.165, 1.54) is 6.20 Å². The largest absolute Gasteiger partial charge is 0.340 e. The molecule has 2 rings (SSSR count). The number of halogens is 1. The molecule has 0 unspecified atom stereocenters. The third-order valence-corrected chi connectivity index (χ3v) is 2.80. The van der Waals surface area contributed by atoms with Crippen LogP contribution in [-0.4, -0.2) is 48.1 Å². The molecule has 104 valence electrons. The van der Waals surface area contributed by atoms with E-state index < -0.39 is 0 Å². The topological polar surface area (TPSA) is 71.3 Å². The van der Waals surface area contributed by atoms with Gasteiger partial charge in [-0.25, -0.2) is 4.98 Å². The first-order valence-corrected chi connectivity index (χ1v) is 5.75. The molecule has 0 aliphatic rings. The van der Waals surface area contributed by atoms with Crippen LogP contribution in [0.1, 0.15) is 16.1 Å². The lowest BCUT2D eigenvalue weighted by Crippen LogP contribution is -2.32. The summed E-state index contributed by atoms with van der Waals surface area (Å²) in [5.41, 5.74) is 1.75. The smallest absolute Gasteiger partial charge is 0.257 e. The Labute approximate surface area is 117 Å². The van der Waals surface area contributed by atoms with E-state index in [1.807, 2.05) is 14.0 Å². The van der Waals surface area contributed by atoms with Gasteiger partial charge in [0, 0.05) is 26.3 Å². The van der Waals surface area contributed by atoms with Gasteiger partial charge in [-0.15, -0.1) is 12.4 Å². The van der Waals surface area contributed by atoms with Crippen LogP contribution in [0.25, 0.3) is 11.1 Å². The number of pyridine rings is 1. The van der Waals surface area contributed by atoms with Crippen LogP contribution < -0.4 is 5.32 Å². The molecule has 0 aliphatic carbocycles. The van der Waals surface area contributed by atoms with Crippen LogP contribution in [0, 0.1) is 6.92 Å². The van der Waals surface area contributed by atoms with Gasteiger partial charge in [0.1, 0.15) is 0 Å². The molecule has 0 radical (unpaired) electrons. The molecule has 0 saturated heterocycles. The maximum Gasteiger partial charge on any atom is 0.257 e. The summed E-state index contributed by atoms with van der Waals surface area (Å²) in [4.78, 5) is 17.9. The van der Waals surface area contributed by atoms with Gasteiger partial charge in [-0.1, -0.05) is 5.16 Å². The number of amides is 1. The molecule has 1 N–H and O–H groups in total. The summed E-state index contributed by atoms with van der Waals surface area (Å²) < 4.78 is 5.01. The third-order valence-electron chi connectivity index (χ3n) is 2.80. The van der Waals surface area contributed by atoms with Gasteiger partial charge in [-0.3, -0.25) is 4.79 Å².